The second-order valence-electron chi connectivity index (χ2n) is 8.26. The van der Waals surface area contributed by atoms with Crippen molar-refractivity contribution in [1.82, 2.24) is 8.87 Å². The quantitative estimate of drug-likeness (QED) is 0.749. The summed E-state index contributed by atoms with van der Waals surface area (Å²) in [5.41, 5.74) is 2.59. The number of sulfonamides is 1. The Bertz CT molecular complexity index is 1170. The molecular formula is C21H23N3O4S. The van der Waals surface area contributed by atoms with Crippen molar-refractivity contribution < 1.29 is 13.2 Å². The van der Waals surface area contributed by atoms with Gasteiger partial charge >= 0.3 is 0 Å². The summed E-state index contributed by atoms with van der Waals surface area (Å²) >= 11 is 0. The number of hydrogen-bond donors (Lipinski definition) is 0. The number of hydrogen-bond acceptors (Lipinski definition) is 4. The van der Waals surface area contributed by atoms with Crippen molar-refractivity contribution in [1.29, 1.82) is 0 Å². The molecule has 1 fully saturated rings. The summed E-state index contributed by atoms with van der Waals surface area (Å²) in [6.07, 6.45) is 1.86. The van der Waals surface area contributed by atoms with Crippen LogP contribution in [0, 0.1) is 5.92 Å². The van der Waals surface area contributed by atoms with Gasteiger partial charge in [-0.3, -0.25) is 9.59 Å². The number of amides is 1. The smallest absolute Gasteiger partial charge is 0.250 e. The summed E-state index contributed by atoms with van der Waals surface area (Å²) in [7, 11) is -1.92. The van der Waals surface area contributed by atoms with Gasteiger partial charge in [0.25, 0.3) is 5.56 Å². The largest absolute Gasteiger partial charge is 0.315 e. The normalized spacial score (nSPS) is 24.2. The third kappa shape index (κ3) is 2.93. The van der Waals surface area contributed by atoms with Crippen molar-refractivity contribution in [3.8, 4) is 0 Å². The lowest BCUT2D eigenvalue weighted by atomic mass is 9.84. The fourth-order valence-electron chi connectivity index (χ4n) is 4.99. The summed E-state index contributed by atoms with van der Waals surface area (Å²) in [5.74, 6) is 0.218. The van der Waals surface area contributed by atoms with E-state index in [-0.39, 0.29) is 28.2 Å². The zero-order chi connectivity index (χ0) is 20.3. The van der Waals surface area contributed by atoms with Crippen LogP contribution in [0.25, 0.3) is 0 Å². The average molecular weight is 413 g/mol. The fraction of sp³-hybridized carbons (Fsp3) is 0.429. The van der Waals surface area contributed by atoms with Gasteiger partial charge in [0.05, 0.1) is 4.90 Å². The Morgan fingerprint density at radius 1 is 1.00 bits per heavy atom. The van der Waals surface area contributed by atoms with Crippen LogP contribution in [0.4, 0.5) is 5.69 Å². The summed E-state index contributed by atoms with van der Waals surface area (Å²) < 4.78 is 30.2. The van der Waals surface area contributed by atoms with Crippen molar-refractivity contribution in [2.24, 2.45) is 5.92 Å². The summed E-state index contributed by atoms with van der Waals surface area (Å²) in [4.78, 5) is 26.0. The van der Waals surface area contributed by atoms with Crippen molar-refractivity contribution >= 4 is 21.6 Å². The highest BCUT2D eigenvalue weighted by Crippen LogP contribution is 2.38. The molecule has 8 heteroatoms. The van der Waals surface area contributed by atoms with Gasteiger partial charge in [0.15, 0.2) is 0 Å². The summed E-state index contributed by atoms with van der Waals surface area (Å²) in [5, 5.41) is 0. The molecule has 2 bridgehead atoms. The number of carbonyl (C=O) groups excluding carboxylic acids is 1. The Hall–Kier alpha value is -2.45. The molecule has 0 N–H and O–H groups in total. The van der Waals surface area contributed by atoms with E-state index in [4.69, 9.17) is 0 Å². The van der Waals surface area contributed by atoms with Crippen LogP contribution >= 0.6 is 0 Å². The Labute approximate surface area is 169 Å². The van der Waals surface area contributed by atoms with E-state index in [1.807, 2.05) is 6.07 Å². The molecule has 3 aliphatic heterocycles. The number of nitrogens with zero attached hydrogens (tertiary/aromatic N) is 3. The van der Waals surface area contributed by atoms with Gasteiger partial charge in [-0.25, -0.2) is 8.42 Å². The van der Waals surface area contributed by atoms with E-state index in [0.717, 1.165) is 23.4 Å². The molecule has 0 radical (unpaired) electrons. The molecule has 7 nitrogen and oxygen atoms in total. The van der Waals surface area contributed by atoms with Gasteiger partial charge in [0.1, 0.15) is 0 Å². The number of rotatable bonds is 2. The Kier molecular flexibility index (Phi) is 4.18. The van der Waals surface area contributed by atoms with Crippen molar-refractivity contribution in [2.45, 2.75) is 36.6 Å². The van der Waals surface area contributed by atoms with Crippen molar-refractivity contribution in [3.05, 3.63) is 58.0 Å². The second kappa shape index (κ2) is 6.53. The van der Waals surface area contributed by atoms with Crippen LogP contribution in [0.2, 0.25) is 0 Å². The maximum absolute atomic E-state index is 13.4. The molecule has 1 amide bonds. The Morgan fingerprint density at radius 2 is 1.83 bits per heavy atom. The first-order valence-corrected chi connectivity index (χ1v) is 11.4. The average Bonchev–Trinajstić information content (AvgIpc) is 2.71. The maximum atomic E-state index is 13.4. The van der Waals surface area contributed by atoms with Crippen LogP contribution in [-0.4, -0.2) is 43.3 Å². The summed E-state index contributed by atoms with van der Waals surface area (Å²) in [6.45, 7) is 1.38. The van der Waals surface area contributed by atoms with Crippen molar-refractivity contribution in [2.75, 3.05) is 25.0 Å². The molecular weight excluding hydrogens is 390 g/mol. The molecule has 0 spiro atoms. The first kappa shape index (κ1) is 18.6. The number of carbonyl (C=O) groups is 1. The van der Waals surface area contributed by atoms with E-state index < -0.39 is 10.0 Å². The number of aromatic nitrogens is 1. The minimum atomic E-state index is -3.64. The number of anilines is 1. The SMILES string of the molecule is CN1C(=O)CCc2cc(S(=O)(=O)N3C[C@H]4C[C@@H](C3)c3cccc(=O)n3C4)ccc21. The number of fused-ring (bicyclic) bond motifs is 5. The first-order chi connectivity index (χ1) is 13.8. The standard InChI is InChI=1S/C21H23N3O4S/c1-22-18-7-6-17(10-15(18)5-8-20(22)25)29(27,28)23-11-14-9-16(13-23)19-3-2-4-21(26)24(19)12-14/h2-4,6-7,10,14,16H,5,8-9,11-13H2,1H3/t14-,16+/m1/s1. The maximum Gasteiger partial charge on any atom is 0.250 e. The molecule has 2 atom stereocenters. The molecule has 2 aromatic rings. The predicted molar refractivity (Wildman–Crippen MR) is 108 cm³/mol. The van der Waals surface area contributed by atoms with Crippen LogP contribution in [0.1, 0.15) is 30.0 Å². The van der Waals surface area contributed by atoms with Gasteiger partial charge < -0.3 is 9.47 Å². The molecule has 5 rings (SSSR count). The lowest BCUT2D eigenvalue weighted by Gasteiger charge is -2.42. The van der Waals surface area contributed by atoms with Gasteiger partial charge in [0, 0.05) is 56.5 Å². The van der Waals surface area contributed by atoms with Gasteiger partial charge in [-0.2, -0.15) is 4.31 Å². The highest BCUT2D eigenvalue weighted by Gasteiger charge is 2.39. The number of pyridine rings is 1. The molecule has 1 aromatic carbocycles. The molecule has 1 aromatic heterocycles. The Morgan fingerprint density at radius 3 is 2.66 bits per heavy atom. The van der Waals surface area contributed by atoms with Crippen LogP contribution in [0.3, 0.4) is 0 Å². The number of benzene rings is 1. The van der Waals surface area contributed by atoms with Crippen molar-refractivity contribution in [3.63, 3.8) is 0 Å². The van der Waals surface area contributed by atoms with E-state index in [9.17, 15) is 18.0 Å². The van der Waals surface area contributed by atoms with Gasteiger partial charge in [-0.15, -0.1) is 0 Å². The lowest BCUT2D eigenvalue weighted by molar-refractivity contribution is -0.118. The molecule has 1 saturated heterocycles. The van der Waals surface area contributed by atoms with Crippen LogP contribution in [0.15, 0.2) is 46.1 Å². The molecule has 0 unspecified atom stereocenters. The van der Waals surface area contributed by atoms with Crippen LogP contribution < -0.4 is 10.5 Å². The second-order valence-corrected chi connectivity index (χ2v) is 10.2. The first-order valence-electron chi connectivity index (χ1n) is 9.94. The lowest BCUT2D eigenvalue weighted by Crippen LogP contribution is -2.49. The van der Waals surface area contributed by atoms with Gasteiger partial charge in [0.2, 0.25) is 15.9 Å². The zero-order valence-corrected chi connectivity index (χ0v) is 17.1. The fourth-order valence-corrected chi connectivity index (χ4v) is 6.60. The van der Waals surface area contributed by atoms with Gasteiger partial charge in [-0.1, -0.05) is 6.07 Å². The predicted octanol–water partition coefficient (Wildman–Crippen LogP) is 1.57. The van der Waals surface area contributed by atoms with E-state index >= 15 is 0 Å². The van der Waals surface area contributed by atoms with Crippen LogP contribution in [0.5, 0.6) is 0 Å². The number of aryl methyl sites for hydroxylation is 1. The molecule has 152 valence electrons. The van der Waals surface area contributed by atoms with Gasteiger partial charge in [-0.05, 0) is 48.6 Å². The third-order valence-electron chi connectivity index (χ3n) is 6.48. The van der Waals surface area contributed by atoms with E-state index in [1.54, 1.807) is 51.2 Å². The van der Waals surface area contributed by atoms with E-state index in [2.05, 4.69) is 0 Å². The highest BCUT2D eigenvalue weighted by molar-refractivity contribution is 7.89. The topological polar surface area (TPSA) is 79.7 Å². The molecule has 3 aliphatic rings. The summed E-state index contributed by atoms with van der Waals surface area (Å²) in [6, 6.07) is 10.3. The van der Waals surface area contributed by atoms with E-state index in [0.29, 0.717) is 32.5 Å². The molecule has 29 heavy (non-hydrogen) atoms. The Balaban J connectivity index is 1.48. The zero-order valence-electron chi connectivity index (χ0n) is 16.2. The molecule has 4 heterocycles. The minimum absolute atomic E-state index is 0.0122. The minimum Gasteiger partial charge on any atom is -0.315 e. The monoisotopic (exact) mass is 413 g/mol. The highest BCUT2D eigenvalue weighted by atomic mass is 32.2. The van der Waals surface area contributed by atoms with Crippen LogP contribution in [-0.2, 0) is 27.8 Å². The third-order valence-corrected chi connectivity index (χ3v) is 8.31. The number of piperidine rings is 1. The van der Waals surface area contributed by atoms with E-state index in [1.165, 1.54) is 0 Å². The molecule has 0 aliphatic carbocycles. The molecule has 0 saturated carbocycles.